The molecule has 0 aliphatic heterocycles. The van der Waals surface area contributed by atoms with Gasteiger partial charge in [-0.15, -0.1) is 0 Å². The highest BCUT2D eigenvalue weighted by molar-refractivity contribution is 5.85. The summed E-state index contributed by atoms with van der Waals surface area (Å²) in [6.07, 6.45) is 2.25. The zero-order valence-corrected chi connectivity index (χ0v) is 24.2. The zero-order valence-electron chi connectivity index (χ0n) is 24.2. The predicted octanol–water partition coefficient (Wildman–Crippen LogP) is 2.62. The number of alkyl carbamates (subject to hydrolysis) is 1. The Morgan fingerprint density at radius 3 is 2.53 bits per heavy atom. The van der Waals surface area contributed by atoms with E-state index in [1.165, 1.54) is 15.8 Å². The number of benzene rings is 1. The third kappa shape index (κ3) is 8.53. The van der Waals surface area contributed by atoms with Crippen LogP contribution in [0.1, 0.15) is 52.0 Å². The van der Waals surface area contributed by atoms with Crippen LogP contribution in [0, 0.1) is 0 Å². The Morgan fingerprint density at radius 1 is 1.12 bits per heavy atom. The first-order valence-electron chi connectivity index (χ1n) is 13.8. The summed E-state index contributed by atoms with van der Waals surface area (Å²) in [4.78, 5) is 74.7. The van der Waals surface area contributed by atoms with Gasteiger partial charge in [0.05, 0.1) is 18.4 Å². The summed E-state index contributed by atoms with van der Waals surface area (Å²) in [5.74, 6) is -2.02. The molecule has 230 valence electrons. The van der Waals surface area contributed by atoms with Crippen molar-refractivity contribution in [2.45, 2.75) is 77.3 Å². The molecule has 0 unspecified atom stereocenters. The molecule has 43 heavy (non-hydrogen) atoms. The van der Waals surface area contributed by atoms with Gasteiger partial charge in [-0.2, -0.15) is 4.98 Å². The fraction of sp³-hybridized carbons (Fsp3) is 0.464. The fourth-order valence-electron chi connectivity index (χ4n) is 4.87. The molecule has 0 spiro atoms. The number of carboxylic acid groups (broad SMARTS) is 1. The molecule has 4 rings (SSSR count). The summed E-state index contributed by atoms with van der Waals surface area (Å²) in [5, 5.41) is 14.8. The van der Waals surface area contributed by atoms with Gasteiger partial charge in [0.2, 0.25) is 11.9 Å². The number of ether oxygens (including phenoxy) is 2. The monoisotopic (exact) mass is 597 g/mol. The molecule has 2 atom stereocenters. The molecule has 0 bridgehead atoms. The number of carboxylic acids is 1. The molecule has 2 heterocycles. The number of hydrogen-bond acceptors (Lipinski definition) is 9. The van der Waals surface area contributed by atoms with Crippen molar-refractivity contribution in [2.75, 3.05) is 11.9 Å². The van der Waals surface area contributed by atoms with Gasteiger partial charge in [-0.3, -0.25) is 24.7 Å². The molecule has 0 radical (unpaired) electrons. The standard InChI is InChI=1S/C28H35N7O8/c1-28(2,3)43-27(41)30-18-11-7-8-12-19(18)35(14-21(37)38)20(36)13-34-16-29-22-23(34)31-25(32-24(22)39)33-26(40)42-15-17-9-5-4-6-10-17/h4-6,9-10,16,18-19H,7-8,11-15H2,1-3H3,(H,30,41)(H,37,38)(H2,31,32,33,39,40)/t18-,19+/m0/s1. The zero-order chi connectivity index (χ0) is 31.1. The van der Waals surface area contributed by atoms with Crippen molar-refractivity contribution in [1.29, 1.82) is 0 Å². The second-order valence-corrected chi connectivity index (χ2v) is 11.2. The third-order valence-corrected chi connectivity index (χ3v) is 6.67. The van der Waals surface area contributed by atoms with Gasteiger partial charge in [-0.05, 0) is 39.2 Å². The molecule has 1 aliphatic rings. The van der Waals surface area contributed by atoms with E-state index in [1.54, 1.807) is 45.0 Å². The smallest absolute Gasteiger partial charge is 0.414 e. The van der Waals surface area contributed by atoms with Crippen LogP contribution in [0.4, 0.5) is 15.5 Å². The molecule has 1 aromatic carbocycles. The van der Waals surface area contributed by atoms with E-state index >= 15 is 0 Å². The lowest BCUT2D eigenvalue weighted by atomic mass is 9.89. The molecule has 15 heteroatoms. The Hall–Kier alpha value is -4.95. The number of amides is 3. The topological polar surface area (TPSA) is 198 Å². The largest absolute Gasteiger partial charge is 0.480 e. The number of carbonyl (C=O) groups is 4. The van der Waals surface area contributed by atoms with Crippen LogP contribution in [-0.2, 0) is 32.2 Å². The number of nitrogens with zero attached hydrogens (tertiary/aromatic N) is 4. The maximum atomic E-state index is 13.6. The number of aliphatic carboxylic acids is 1. The quantitative estimate of drug-likeness (QED) is 0.284. The maximum Gasteiger partial charge on any atom is 0.414 e. The number of aromatic nitrogens is 4. The highest BCUT2D eigenvalue weighted by Crippen LogP contribution is 2.25. The minimum absolute atomic E-state index is 0.00203. The van der Waals surface area contributed by atoms with E-state index < -0.39 is 60.4 Å². The van der Waals surface area contributed by atoms with E-state index in [2.05, 4.69) is 25.6 Å². The van der Waals surface area contributed by atoms with Crippen LogP contribution in [0.3, 0.4) is 0 Å². The molecule has 4 N–H and O–H groups in total. The van der Waals surface area contributed by atoms with Gasteiger partial charge >= 0.3 is 18.2 Å². The van der Waals surface area contributed by atoms with Crippen molar-refractivity contribution < 1.29 is 33.8 Å². The SMILES string of the molecule is CC(C)(C)OC(=O)N[C@H]1CCCC[C@H]1N(CC(=O)O)C(=O)Cn1cnc2c(=O)[nH]c(NC(=O)OCc3ccccc3)nc21. The molecule has 15 nitrogen and oxygen atoms in total. The van der Waals surface area contributed by atoms with Crippen LogP contribution >= 0.6 is 0 Å². The van der Waals surface area contributed by atoms with Gasteiger partial charge in [-0.1, -0.05) is 43.2 Å². The Kier molecular flexibility index (Phi) is 9.63. The maximum absolute atomic E-state index is 13.6. The van der Waals surface area contributed by atoms with Gasteiger partial charge in [0.1, 0.15) is 25.3 Å². The second kappa shape index (κ2) is 13.4. The Morgan fingerprint density at radius 2 is 1.84 bits per heavy atom. The van der Waals surface area contributed by atoms with Gasteiger partial charge in [0.15, 0.2) is 11.2 Å². The highest BCUT2D eigenvalue weighted by atomic mass is 16.6. The van der Waals surface area contributed by atoms with Crippen LogP contribution in [0.2, 0.25) is 0 Å². The van der Waals surface area contributed by atoms with Crippen LogP contribution in [0.15, 0.2) is 41.5 Å². The number of rotatable bonds is 9. The van der Waals surface area contributed by atoms with E-state index in [-0.39, 0.29) is 23.7 Å². The van der Waals surface area contributed by atoms with Gasteiger partial charge in [0, 0.05) is 0 Å². The number of H-pyrrole nitrogens is 1. The average molecular weight is 598 g/mol. The molecule has 1 aliphatic carbocycles. The molecule has 1 saturated carbocycles. The lowest BCUT2D eigenvalue weighted by molar-refractivity contribution is -0.147. The molecule has 1 fully saturated rings. The van der Waals surface area contributed by atoms with Gasteiger partial charge in [0.25, 0.3) is 5.56 Å². The number of aromatic amines is 1. The van der Waals surface area contributed by atoms with Crippen LogP contribution in [0.5, 0.6) is 0 Å². The third-order valence-electron chi connectivity index (χ3n) is 6.67. The van der Waals surface area contributed by atoms with Gasteiger partial charge in [-0.25, -0.2) is 14.6 Å². The lowest BCUT2D eigenvalue weighted by Crippen LogP contribution is -2.57. The normalized spacial score (nSPS) is 16.7. The fourth-order valence-corrected chi connectivity index (χ4v) is 4.87. The molecular formula is C28H35N7O8. The van der Waals surface area contributed by atoms with Crippen molar-refractivity contribution in [3.8, 4) is 0 Å². The van der Waals surface area contributed by atoms with Crippen molar-refractivity contribution in [2.24, 2.45) is 0 Å². The first kappa shape index (κ1) is 31.0. The number of hydrogen-bond donors (Lipinski definition) is 4. The van der Waals surface area contributed by atoms with E-state index in [0.717, 1.165) is 18.4 Å². The number of anilines is 1. The number of fused-ring (bicyclic) bond motifs is 1. The van der Waals surface area contributed by atoms with Crippen molar-refractivity contribution in [3.05, 3.63) is 52.6 Å². The van der Waals surface area contributed by atoms with Crippen molar-refractivity contribution >= 4 is 41.2 Å². The van der Waals surface area contributed by atoms with E-state index in [4.69, 9.17) is 9.47 Å². The van der Waals surface area contributed by atoms with E-state index in [1.807, 2.05) is 6.07 Å². The minimum atomic E-state index is -1.22. The van der Waals surface area contributed by atoms with E-state index in [0.29, 0.717) is 12.8 Å². The second-order valence-electron chi connectivity index (χ2n) is 11.2. The summed E-state index contributed by atoms with van der Waals surface area (Å²) >= 11 is 0. The summed E-state index contributed by atoms with van der Waals surface area (Å²) in [6.45, 7) is 4.19. The number of imidazole rings is 1. The molecule has 3 amide bonds. The van der Waals surface area contributed by atoms with E-state index in [9.17, 15) is 29.1 Å². The number of carbonyl (C=O) groups excluding carboxylic acids is 3. The molecule has 2 aromatic heterocycles. The predicted molar refractivity (Wildman–Crippen MR) is 153 cm³/mol. The summed E-state index contributed by atoms with van der Waals surface area (Å²) < 4.78 is 11.8. The summed E-state index contributed by atoms with van der Waals surface area (Å²) in [6, 6.07) is 7.87. The van der Waals surface area contributed by atoms with Crippen molar-refractivity contribution in [3.63, 3.8) is 0 Å². The highest BCUT2D eigenvalue weighted by Gasteiger charge is 2.36. The Balaban J connectivity index is 1.51. The first-order valence-corrected chi connectivity index (χ1v) is 13.8. The van der Waals surface area contributed by atoms with Crippen molar-refractivity contribution in [1.82, 2.24) is 29.7 Å². The molecule has 0 saturated heterocycles. The first-order chi connectivity index (χ1) is 20.4. The molecule has 3 aromatic rings. The van der Waals surface area contributed by atoms with Crippen LogP contribution < -0.4 is 16.2 Å². The molecular weight excluding hydrogens is 562 g/mol. The van der Waals surface area contributed by atoms with Crippen LogP contribution in [-0.4, -0.2) is 77.8 Å². The Bertz CT molecular complexity index is 1530. The summed E-state index contributed by atoms with van der Waals surface area (Å²) in [7, 11) is 0. The minimum Gasteiger partial charge on any atom is -0.480 e. The van der Waals surface area contributed by atoms with Crippen LogP contribution in [0.25, 0.3) is 11.2 Å². The number of nitrogens with one attached hydrogen (secondary N) is 3. The lowest BCUT2D eigenvalue weighted by Gasteiger charge is -2.39. The summed E-state index contributed by atoms with van der Waals surface area (Å²) in [5.41, 5.74) is -0.713. The van der Waals surface area contributed by atoms with Gasteiger partial charge < -0.3 is 29.4 Å². The average Bonchev–Trinajstić information content (AvgIpc) is 3.33. The Labute approximate surface area is 246 Å².